The molecule has 2 aliphatic heterocycles. The van der Waals surface area contributed by atoms with Gasteiger partial charge in [0.25, 0.3) is 0 Å². The third kappa shape index (κ3) is 5.41. The van der Waals surface area contributed by atoms with E-state index < -0.39 is 11.7 Å². The van der Waals surface area contributed by atoms with Gasteiger partial charge in [-0.1, -0.05) is 36.4 Å². The number of ether oxygens (including phenoxy) is 1. The fourth-order valence-corrected chi connectivity index (χ4v) is 4.98. The third-order valence-electron chi connectivity index (χ3n) is 6.86. The predicted molar refractivity (Wildman–Crippen MR) is 134 cm³/mol. The van der Waals surface area contributed by atoms with Crippen LogP contribution >= 0.6 is 0 Å². The molecule has 1 amide bonds. The summed E-state index contributed by atoms with van der Waals surface area (Å²) >= 11 is 0. The van der Waals surface area contributed by atoms with Crippen LogP contribution < -0.4 is 15.0 Å². The largest absolute Gasteiger partial charge is 0.478 e. The fourth-order valence-electron chi connectivity index (χ4n) is 4.98. The SMILES string of the molecule is O=C1CCc2c(C(F)(F)F)cc(OCCCCN3CCN(c4cccc5ccccc45)CC3)nc2N1. The van der Waals surface area contributed by atoms with Gasteiger partial charge >= 0.3 is 6.18 Å². The molecular weight excluding hydrogens is 469 g/mol. The molecule has 190 valence electrons. The van der Waals surface area contributed by atoms with Crippen LogP contribution in [0.25, 0.3) is 10.8 Å². The Bertz CT molecular complexity index is 1230. The van der Waals surface area contributed by atoms with Gasteiger partial charge in [-0.2, -0.15) is 18.2 Å². The van der Waals surface area contributed by atoms with Crippen molar-refractivity contribution < 1.29 is 22.7 Å². The molecule has 9 heteroatoms. The number of unbranched alkanes of at least 4 members (excludes halogenated alkanes) is 1. The second-order valence-corrected chi connectivity index (χ2v) is 9.26. The van der Waals surface area contributed by atoms with Gasteiger partial charge in [-0.15, -0.1) is 0 Å². The minimum Gasteiger partial charge on any atom is -0.478 e. The van der Waals surface area contributed by atoms with E-state index in [0.29, 0.717) is 6.42 Å². The van der Waals surface area contributed by atoms with E-state index in [-0.39, 0.29) is 42.6 Å². The zero-order valence-corrected chi connectivity index (χ0v) is 20.0. The molecule has 1 saturated heterocycles. The summed E-state index contributed by atoms with van der Waals surface area (Å²) in [5.74, 6) is -0.479. The van der Waals surface area contributed by atoms with E-state index >= 15 is 0 Å². The zero-order chi connectivity index (χ0) is 25.1. The fraction of sp³-hybridized carbons (Fsp3) is 0.407. The monoisotopic (exact) mass is 498 g/mol. The molecule has 1 N–H and O–H groups in total. The third-order valence-corrected chi connectivity index (χ3v) is 6.86. The smallest absolute Gasteiger partial charge is 0.417 e. The van der Waals surface area contributed by atoms with Gasteiger partial charge in [-0.05, 0) is 37.3 Å². The minimum atomic E-state index is -4.53. The Hall–Kier alpha value is -3.33. The van der Waals surface area contributed by atoms with Crippen molar-refractivity contribution in [3.8, 4) is 5.88 Å². The molecule has 0 atom stereocenters. The number of hydrogen-bond acceptors (Lipinski definition) is 5. The van der Waals surface area contributed by atoms with E-state index in [0.717, 1.165) is 45.2 Å². The van der Waals surface area contributed by atoms with Crippen LogP contribution in [0.5, 0.6) is 5.88 Å². The summed E-state index contributed by atoms with van der Waals surface area (Å²) in [6.07, 6.45) is -2.90. The maximum Gasteiger partial charge on any atom is 0.417 e. The second-order valence-electron chi connectivity index (χ2n) is 9.26. The van der Waals surface area contributed by atoms with Gasteiger partial charge in [0.2, 0.25) is 11.8 Å². The Labute approximate surface area is 208 Å². The number of carbonyl (C=O) groups excluding carboxylic acids is 1. The minimum absolute atomic E-state index is 0.0220. The van der Waals surface area contributed by atoms with E-state index in [1.54, 1.807) is 0 Å². The number of nitrogens with zero attached hydrogens (tertiary/aromatic N) is 3. The molecule has 1 fully saturated rings. The van der Waals surface area contributed by atoms with Crippen LogP contribution in [-0.4, -0.2) is 55.1 Å². The zero-order valence-electron chi connectivity index (χ0n) is 20.0. The molecule has 3 aromatic rings. The van der Waals surface area contributed by atoms with E-state index in [1.807, 2.05) is 0 Å². The van der Waals surface area contributed by atoms with Crippen LogP contribution in [-0.2, 0) is 17.4 Å². The van der Waals surface area contributed by atoms with Gasteiger partial charge in [0.1, 0.15) is 5.82 Å². The average molecular weight is 499 g/mol. The molecule has 0 bridgehead atoms. The summed E-state index contributed by atoms with van der Waals surface area (Å²) in [4.78, 5) is 20.6. The molecule has 0 radical (unpaired) electrons. The van der Waals surface area contributed by atoms with Gasteiger partial charge in [0.15, 0.2) is 0 Å². The van der Waals surface area contributed by atoms with Crippen molar-refractivity contribution in [2.24, 2.45) is 0 Å². The highest BCUT2D eigenvalue weighted by atomic mass is 19.4. The number of halogens is 3. The molecule has 2 aromatic carbocycles. The number of benzene rings is 2. The highest BCUT2D eigenvalue weighted by Gasteiger charge is 2.37. The van der Waals surface area contributed by atoms with Gasteiger partial charge in [0, 0.05) is 55.3 Å². The Morgan fingerprint density at radius 2 is 1.75 bits per heavy atom. The first-order chi connectivity index (χ1) is 17.4. The highest BCUT2D eigenvalue weighted by molar-refractivity contribution is 5.94. The van der Waals surface area contributed by atoms with Crippen LogP contribution in [0, 0.1) is 0 Å². The van der Waals surface area contributed by atoms with Crippen LogP contribution in [0.15, 0.2) is 48.5 Å². The number of nitrogens with one attached hydrogen (secondary N) is 1. The number of aromatic nitrogens is 1. The van der Waals surface area contributed by atoms with Gasteiger partial charge < -0.3 is 15.0 Å². The van der Waals surface area contributed by atoms with Crippen molar-refractivity contribution in [3.63, 3.8) is 0 Å². The summed E-state index contributed by atoms with van der Waals surface area (Å²) in [5.41, 5.74) is 0.511. The number of alkyl halides is 3. The number of pyridine rings is 1. The summed E-state index contributed by atoms with van der Waals surface area (Å²) in [6, 6.07) is 15.8. The molecule has 2 aliphatic rings. The van der Waals surface area contributed by atoms with Gasteiger partial charge in [0.05, 0.1) is 12.2 Å². The Morgan fingerprint density at radius 1 is 0.972 bits per heavy atom. The maximum atomic E-state index is 13.5. The highest BCUT2D eigenvalue weighted by Crippen LogP contribution is 2.38. The lowest BCUT2D eigenvalue weighted by Gasteiger charge is -2.36. The number of amides is 1. The predicted octanol–water partition coefficient (Wildman–Crippen LogP) is 5.12. The molecular formula is C27H29F3N4O2. The number of fused-ring (bicyclic) bond motifs is 2. The number of anilines is 2. The lowest BCUT2D eigenvalue weighted by molar-refractivity contribution is -0.138. The molecule has 0 saturated carbocycles. The molecule has 6 nitrogen and oxygen atoms in total. The van der Waals surface area contributed by atoms with Crippen LogP contribution in [0.2, 0.25) is 0 Å². The summed E-state index contributed by atoms with van der Waals surface area (Å²) in [5, 5.41) is 4.96. The summed E-state index contributed by atoms with van der Waals surface area (Å²) in [6.45, 7) is 5.02. The number of carbonyl (C=O) groups is 1. The maximum absolute atomic E-state index is 13.5. The van der Waals surface area contributed by atoms with Crippen molar-refractivity contribution in [2.45, 2.75) is 31.9 Å². The molecule has 36 heavy (non-hydrogen) atoms. The first kappa shape index (κ1) is 24.4. The van der Waals surface area contributed by atoms with E-state index in [2.05, 4.69) is 62.6 Å². The van der Waals surface area contributed by atoms with Crippen LogP contribution in [0.3, 0.4) is 0 Å². The molecule has 3 heterocycles. The molecule has 1 aromatic heterocycles. The van der Waals surface area contributed by atoms with E-state index in [1.165, 1.54) is 16.5 Å². The van der Waals surface area contributed by atoms with Crippen molar-refractivity contribution in [1.82, 2.24) is 9.88 Å². The standard InChI is InChI=1S/C27H29F3N4O2/c28-27(29,30)22-18-25(32-26-21(22)10-11-24(35)31-26)36-17-4-3-12-33-13-15-34(16-14-33)23-9-5-7-19-6-1-2-8-20(19)23/h1-2,5-9,18H,3-4,10-17H2,(H,31,32,35). The quantitative estimate of drug-likeness (QED) is 0.459. The number of rotatable bonds is 7. The number of piperazine rings is 1. The topological polar surface area (TPSA) is 57.7 Å². The van der Waals surface area contributed by atoms with Crippen LogP contribution in [0.4, 0.5) is 24.7 Å². The second kappa shape index (κ2) is 10.3. The Kier molecular flexibility index (Phi) is 7.00. The van der Waals surface area contributed by atoms with Crippen molar-refractivity contribution >= 4 is 28.2 Å². The Morgan fingerprint density at radius 3 is 2.56 bits per heavy atom. The molecule has 5 rings (SSSR count). The van der Waals surface area contributed by atoms with E-state index in [9.17, 15) is 18.0 Å². The summed E-state index contributed by atoms with van der Waals surface area (Å²) in [7, 11) is 0. The first-order valence-electron chi connectivity index (χ1n) is 12.4. The summed E-state index contributed by atoms with van der Waals surface area (Å²) < 4.78 is 46.1. The lowest BCUT2D eigenvalue weighted by Crippen LogP contribution is -2.46. The first-order valence-corrected chi connectivity index (χ1v) is 12.4. The molecule has 0 aliphatic carbocycles. The number of hydrogen-bond donors (Lipinski definition) is 1. The van der Waals surface area contributed by atoms with Gasteiger partial charge in [-0.3, -0.25) is 9.69 Å². The lowest BCUT2D eigenvalue weighted by atomic mass is 10.0. The Balaban J connectivity index is 1.10. The average Bonchev–Trinajstić information content (AvgIpc) is 2.87. The van der Waals surface area contributed by atoms with Crippen LogP contribution in [0.1, 0.15) is 30.4 Å². The van der Waals surface area contributed by atoms with E-state index in [4.69, 9.17) is 4.74 Å². The molecule has 0 spiro atoms. The van der Waals surface area contributed by atoms with Crippen molar-refractivity contribution in [3.05, 3.63) is 59.7 Å². The normalized spacial score (nSPS) is 16.6. The van der Waals surface area contributed by atoms with Crippen molar-refractivity contribution in [2.75, 3.05) is 49.5 Å². The van der Waals surface area contributed by atoms with Crippen molar-refractivity contribution in [1.29, 1.82) is 0 Å². The van der Waals surface area contributed by atoms with Gasteiger partial charge in [-0.25, -0.2) is 0 Å². The molecule has 0 unspecified atom stereocenters.